The number of nitrogens with zero attached hydrogens (tertiary/aromatic N) is 4. The highest BCUT2D eigenvalue weighted by Crippen LogP contribution is 2.57. The van der Waals surface area contributed by atoms with Crippen molar-refractivity contribution >= 4 is 11.7 Å². The number of alkyl halides is 3. The van der Waals surface area contributed by atoms with E-state index >= 15 is 0 Å². The van der Waals surface area contributed by atoms with Gasteiger partial charge in [0, 0.05) is 38.4 Å². The predicted molar refractivity (Wildman–Crippen MR) is 116 cm³/mol. The lowest BCUT2D eigenvalue weighted by atomic mass is 9.78. The molecule has 0 N–H and O–H groups in total. The minimum atomic E-state index is -4.38. The number of amides is 1. The second-order valence-corrected chi connectivity index (χ2v) is 10.5. The van der Waals surface area contributed by atoms with Gasteiger partial charge in [0.15, 0.2) is 0 Å². The normalized spacial score (nSPS) is 36.6. The number of anilines is 1. The molecular weight excluding hydrogens is 433 g/mol. The van der Waals surface area contributed by atoms with Crippen molar-refractivity contribution in [1.82, 2.24) is 14.8 Å². The maximum atomic E-state index is 14.0. The Hall–Kier alpha value is -1.87. The van der Waals surface area contributed by atoms with Crippen LogP contribution in [0.3, 0.4) is 0 Å². The summed E-state index contributed by atoms with van der Waals surface area (Å²) in [6.07, 6.45) is 2.95. The van der Waals surface area contributed by atoms with E-state index in [4.69, 9.17) is 4.74 Å². The predicted octanol–water partition coefficient (Wildman–Crippen LogP) is 3.17. The zero-order valence-corrected chi connectivity index (χ0v) is 18.8. The number of hydrogen-bond donors (Lipinski definition) is 0. The summed E-state index contributed by atoms with van der Waals surface area (Å²) < 4.78 is 45.0. The summed E-state index contributed by atoms with van der Waals surface area (Å²) >= 11 is 0. The zero-order valence-electron chi connectivity index (χ0n) is 18.8. The van der Waals surface area contributed by atoms with Crippen LogP contribution in [0.1, 0.15) is 44.1 Å². The van der Waals surface area contributed by atoms with Crippen molar-refractivity contribution in [3.05, 3.63) is 23.9 Å². The molecule has 0 radical (unpaired) electrons. The highest BCUT2D eigenvalue weighted by atomic mass is 19.4. The van der Waals surface area contributed by atoms with Crippen molar-refractivity contribution in [2.24, 2.45) is 11.3 Å². The summed E-state index contributed by atoms with van der Waals surface area (Å²) in [5.41, 5.74) is -0.914. The van der Waals surface area contributed by atoms with Gasteiger partial charge in [-0.3, -0.25) is 9.69 Å². The highest BCUT2D eigenvalue weighted by Gasteiger charge is 2.59. The van der Waals surface area contributed by atoms with Crippen LogP contribution in [0.2, 0.25) is 0 Å². The van der Waals surface area contributed by atoms with Gasteiger partial charge in [0.2, 0.25) is 5.91 Å². The first-order chi connectivity index (χ1) is 15.8. The molecule has 1 aromatic heterocycles. The fourth-order valence-electron chi connectivity index (χ4n) is 7.41. The van der Waals surface area contributed by atoms with Crippen molar-refractivity contribution in [1.29, 1.82) is 0 Å². The molecule has 5 atom stereocenters. The second-order valence-electron chi connectivity index (χ2n) is 10.5. The molecule has 6 rings (SSSR count). The first-order valence-electron chi connectivity index (χ1n) is 12.3. The van der Waals surface area contributed by atoms with Crippen LogP contribution in [0, 0.1) is 11.3 Å². The van der Waals surface area contributed by atoms with E-state index in [0.29, 0.717) is 36.8 Å². The summed E-state index contributed by atoms with van der Waals surface area (Å²) in [4.78, 5) is 24.8. The molecule has 0 spiro atoms. The van der Waals surface area contributed by atoms with Crippen LogP contribution in [0.25, 0.3) is 0 Å². The molecule has 4 heterocycles. The molecular formula is C24H31F3N4O2. The number of likely N-dealkylation sites (tertiary alicyclic amines) is 1. The molecule has 1 aromatic rings. The monoisotopic (exact) mass is 464 g/mol. The van der Waals surface area contributed by atoms with Crippen LogP contribution in [0.4, 0.5) is 19.0 Å². The topological polar surface area (TPSA) is 48.9 Å². The van der Waals surface area contributed by atoms with E-state index in [9.17, 15) is 18.0 Å². The molecule has 6 nitrogen and oxygen atoms in total. The number of pyridine rings is 1. The van der Waals surface area contributed by atoms with Gasteiger partial charge in [-0.15, -0.1) is 0 Å². The summed E-state index contributed by atoms with van der Waals surface area (Å²) in [6, 6.07) is 2.73. The largest absolute Gasteiger partial charge is 0.416 e. The van der Waals surface area contributed by atoms with Crippen molar-refractivity contribution in [3.63, 3.8) is 0 Å². The summed E-state index contributed by atoms with van der Waals surface area (Å²) in [6.45, 7) is 4.62. The molecule has 180 valence electrons. The summed E-state index contributed by atoms with van der Waals surface area (Å²) in [5, 5.41) is 0. The van der Waals surface area contributed by atoms with Gasteiger partial charge >= 0.3 is 6.18 Å². The first kappa shape index (κ1) is 21.6. The van der Waals surface area contributed by atoms with Crippen molar-refractivity contribution in [3.8, 4) is 0 Å². The maximum Gasteiger partial charge on any atom is 0.416 e. The van der Waals surface area contributed by atoms with Gasteiger partial charge < -0.3 is 14.5 Å². The molecule has 2 aliphatic carbocycles. The third kappa shape index (κ3) is 3.53. The molecule has 2 saturated carbocycles. The van der Waals surface area contributed by atoms with Gasteiger partial charge in [0.25, 0.3) is 0 Å². The Morgan fingerprint density at radius 1 is 1.12 bits per heavy atom. The van der Waals surface area contributed by atoms with Gasteiger partial charge in [-0.25, -0.2) is 4.98 Å². The molecule has 0 unspecified atom stereocenters. The van der Waals surface area contributed by atoms with E-state index in [1.165, 1.54) is 6.20 Å². The van der Waals surface area contributed by atoms with Gasteiger partial charge in [-0.2, -0.15) is 13.2 Å². The number of fused-ring (bicyclic) bond motifs is 3. The first-order valence-corrected chi connectivity index (χ1v) is 12.3. The number of morpholine rings is 1. The van der Waals surface area contributed by atoms with Crippen LogP contribution >= 0.6 is 0 Å². The van der Waals surface area contributed by atoms with E-state index in [2.05, 4.69) is 14.8 Å². The number of halogens is 3. The van der Waals surface area contributed by atoms with E-state index in [-0.39, 0.29) is 17.5 Å². The second kappa shape index (κ2) is 7.83. The lowest BCUT2D eigenvalue weighted by Crippen LogP contribution is -2.54. The molecule has 5 fully saturated rings. The molecule has 2 bridgehead atoms. The van der Waals surface area contributed by atoms with Crippen LogP contribution in [0.5, 0.6) is 0 Å². The van der Waals surface area contributed by atoms with Crippen LogP contribution in [-0.4, -0.2) is 78.2 Å². The third-order valence-corrected chi connectivity index (χ3v) is 8.97. The van der Waals surface area contributed by atoms with Gasteiger partial charge in [-0.05, 0) is 50.2 Å². The van der Waals surface area contributed by atoms with E-state index in [0.717, 1.165) is 77.0 Å². The lowest BCUT2D eigenvalue weighted by molar-refractivity contribution is -0.144. The van der Waals surface area contributed by atoms with Crippen molar-refractivity contribution in [2.45, 2.75) is 62.8 Å². The summed E-state index contributed by atoms with van der Waals surface area (Å²) in [7, 11) is 0. The van der Waals surface area contributed by atoms with E-state index < -0.39 is 11.7 Å². The molecule has 1 amide bonds. The highest BCUT2D eigenvalue weighted by molar-refractivity contribution is 5.85. The Labute approximate surface area is 192 Å². The van der Waals surface area contributed by atoms with Crippen LogP contribution in [0.15, 0.2) is 18.3 Å². The number of aromatic nitrogens is 1. The minimum Gasteiger partial charge on any atom is -0.379 e. The number of carbonyl (C=O) groups excluding carboxylic acids is 1. The Kier molecular flexibility index (Phi) is 5.14. The van der Waals surface area contributed by atoms with Crippen molar-refractivity contribution in [2.75, 3.05) is 44.3 Å². The van der Waals surface area contributed by atoms with Gasteiger partial charge in [-0.1, -0.05) is 6.42 Å². The fourth-order valence-corrected chi connectivity index (χ4v) is 7.41. The molecule has 5 aliphatic rings. The number of carbonyl (C=O) groups is 1. The summed E-state index contributed by atoms with van der Waals surface area (Å²) in [5.74, 6) is 1.14. The molecule has 33 heavy (non-hydrogen) atoms. The standard InChI is InChI=1S/C24H31F3N4O2/c25-24(26,27)17-3-5-28-21(11-17)30-14-20-12-19(30)15-31(20)22(32)23-4-1-2-16(23)10-18(13-23)29-6-8-33-9-7-29/h3,5,11,16,18-20H,1-2,4,6-10,12-15H2/t16-,18-,19-,20+,23-/m1/s1. The zero-order chi connectivity index (χ0) is 22.8. The Morgan fingerprint density at radius 2 is 1.94 bits per heavy atom. The molecule has 9 heteroatoms. The minimum absolute atomic E-state index is 0.0441. The molecule has 3 aliphatic heterocycles. The number of ether oxygens (including phenoxy) is 1. The Bertz CT molecular complexity index is 921. The van der Waals surface area contributed by atoms with Crippen LogP contribution < -0.4 is 4.90 Å². The molecule has 0 aromatic carbocycles. The van der Waals surface area contributed by atoms with Crippen LogP contribution in [-0.2, 0) is 15.7 Å². The Balaban J connectivity index is 1.17. The third-order valence-electron chi connectivity index (χ3n) is 8.97. The number of piperazine rings is 1. The maximum absolute atomic E-state index is 14.0. The number of rotatable bonds is 3. The fraction of sp³-hybridized carbons (Fsp3) is 0.750. The smallest absolute Gasteiger partial charge is 0.379 e. The quantitative estimate of drug-likeness (QED) is 0.688. The Morgan fingerprint density at radius 3 is 2.67 bits per heavy atom. The number of hydrogen-bond acceptors (Lipinski definition) is 5. The van der Waals surface area contributed by atoms with E-state index in [1.54, 1.807) is 0 Å². The SMILES string of the molecule is O=C(N1C[C@H]2C[C@H]1CN2c1cc(C(F)(F)F)ccn1)[C@@]12CCC[C@@H]1C[C@@H](N1CCOCC1)C2. The molecule has 3 saturated heterocycles. The average Bonchev–Trinajstić information content (AvgIpc) is 3.58. The van der Waals surface area contributed by atoms with Crippen molar-refractivity contribution < 1.29 is 22.7 Å². The van der Waals surface area contributed by atoms with Gasteiger partial charge in [0.05, 0.1) is 36.3 Å². The average molecular weight is 465 g/mol. The lowest BCUT2D eigenvalue weighted by Gasteiger charge is -2.40. The van der Waals surface area contributed by atoms with E-state index in [1.807, 2.05) is 4.90 Å². The van der Waals surface area contributed by atoms with Gasteiger partial charge in [0.1, 0.15) is 5.82 Å².